The van der Waals surface area contributed by atoms with Crippen LogP contribution in [0.3, 0.4) is 0 Å². The Labute approximate surface area is 570 Å². The molecule has 0 N–H and O–H groups in total. The summed E-state index contributed by atoms with van der Waals surface area (Å²) < 4.78 is 68.9. The van der Waals surface area contributed by atoms with Gasteiger partial charge in [-0.15, -0.1) is 22.7 Å². The molecule has 468 valence electrons. The lowest BCUT2D eigenvalue weighted by Crippen LogP contribution is -2.14. The van der Waals surface area contributed by atoms with Crippen LogP contribution in [0.25, 0.3) is 118 Å². The van der Waals surface area contributed by atoms with E-state index in [0.29, 0.717) is 23.5 Å². The fraction of sp³-hybridized carbons (Fsp3) is 0. The number of anilines is 6. The van der Waals surface area contributed by atoms with Gasteiger partial charge in [-0.3, -0.25) is 0 Å². The highest BCUT2D eigenvalue weighted by atomic mass is 32.1. The van der Waals surface area contributed by atoms with Crippen molar-refractivity contribution in [1.29, 1.82) is 0 Å². The zero-order valence-electron chi connectivity index (χ0n) is 52.4. The molecule has 98 heavy (non-hydrogen) atoms. The summed E-state index contributed by atoms with van der Waals surface area (Å²) in [6.45, 7) is 0. The predicted molar refractivity (Wildman–Crippen MR) is 403 cm³/mol. The van der Waals surface area contributed by atoms with E-state index in [0.717, 1.165) is 72.9 Å². The molecule has 0 amide bonds. The van der Waals surface area contributed by atoms with E-state index in [9.17, 15) is 8.78 Å². The summed E-state index contributed by atoms with van der Waals surface area (Å²) in [6, 6.07) is 112. The smallest absolute Gasteiger partial charge is 0.153 e. The summed E-state index contributed by atoms with van der Waals surface area (Å²) in [5.41, 5.74) is 19.0. The molecule has 0 aliphatic carbocycles. The second-order valence-electron chi connectivity index (χ2n) is 24.1. The highest BCUT2D eigenvalue weighted by molar-refractivity contribution is 7.27. The van der Waals surface area contributed by atoms with Crippen LogP contribution in [0.4, 0.5) is 51.7 Å². The molecule has 0 aliphatic heterocycles. The number of halogens is 4. The van der Waals surface area contributed by atoms with E-state index in [4.69, 9.17) is 0 Å². The van der Waals surface area contributed by atoms with Gasteiger partial charge in [-0.2, -0.15) is 0 Å². The molecule has 0 saturated carbocycles. The van der Waals surface area contributed by atoms with E-state index in [1.807, 2.05) is 114 Å². The van der Waals surface area contributed by atoms with Crippen LogP contribution in [0.2, 0.25) is 0 Å². The molecule has 0 aliphatic rings. The highest BCUT2D eigenvalue weighted by Gasteiger charge is 2.25. The number of hydrogen-bond acceptors (Lipinski definition) is 4. The van der Waals surface area contributed by atoms with Gasteiger partial charge in [0.25, 0.3) is 0 Å². The van der Waals surface area contributed by atoms with Crippen LogP contribution in [0.15, 0.2) is 340 Å². The van der Waals surface area contributed by atoms with Crippen LogP contribution in [-0.4, -0.2) is 9.13 Å². The number of para-hydroxylation sites is 2. The first-order chi connectivity index (χ1) is 48.2. The summed E-state index contributed by atoms with van der Waals surface area (Å²) in [4.78, 5) is 3.68. The number of fused-ring (bicyclic) bond motifs is 10. The lowest BCUT2D eigenvalue weighted by atomic mass is 10.0. The van der Waals surface area contributed by atoms with Crippen molar-refractivity contribution in [3.8, 4) is 55.9 Å². The molecule has 18 rings (SSSR count). The molecular weight excluding hydrogens is 1250 g/mol. The SMILES string of the molecule is Fc1cc(F)c(N(c2ccc(-c3ccccc3)cc2)c2cccc(-c3ccc(-n4c5ccccc5c5sc6ccccc6c54)cc3)c2)c(F)c1.Fc1ccc(N(c2ccc(-c3ccccc3)cc2)c2cccc(-c3ccc(-n4c5ccccc5c5sc6ccccc6c54)cc3)c2)cc1. The maximum atomic E-state index is 15.5. The minimum atomic E-state index is -0.990. The van der Waals surface area contributed by atoms with Crippen molar-refractivity contribution in [3.63, 3.8) is 0 Å². The Hall–Kier alpha value is -12.1. The van der Waals surface area contributed by atoms with E-state index < -0.39 is 17.5 Å². The molecular formula is C88H56F4N4S2. The number of benzene rings is 14. The third-order valence-electron chi connectivity index (χ3n) is 18.2. The predicted octanol–water partition coefficient (Wildman–Crippen LogP) is 26.2. The summed E-state index contributed by atoms with van der Waals surface area (Å²) in [7, 11) is 0. The number of nitrogens with zero attached hydrogens (tertiary/aromatic N) is 4. The van der Waals surface area contributed by atoms with Gasteiger partial charge in [0.2, 0.25) is 0 Å². The molecule has 4 aromatic heterocycles. The fourth-order valence-electron chi connectivity index (χ4n) is 13.7. The standard InChI is InChI=1S/C44H27F3N2S.C44H29FN2S/c45-32-26-38(46)43(39(47)27-32)48(33-21-17-29(18-22-33)28-9-2-1-3-10-28)35-12-8-11-31(25-35)30-19-23-34(24-20-30)49-40-15-6-4-13-36(40)44-42(49)37-14-5-7-16-41(37)50-44;45-34-21-27-36(28-22-34)46(35-23-17-31(18-24-35)30-9-2-1-3-10-30)38-12-8-11-33(29-38)32-19-25-37(26-20-32)47-41-15-6-4-13-39(41)44-43(47)40-14-5-7-16-42(40)48-44/h1-27H;1-29H. The van der Waals surface area contributed by atoms with Crippen LogP contribution in [-0.2, 0) is 0 Å². The van der Waals surface area contributed by atoms with Crippen molar-refractivity contribution >= 4 is 119 Å². The van der Waals surface area contributed by atoms with E-state index in [2.05, 4.69) is 232 Å². The van der Waals surface area contributed by atoms with Crippen LogP contribution >= 0.6 is 22.7 Å². The van der Waals surface area contributed by atoms with Gasteiger partial charge < -0.3 is 18.9 Å². The number of thiophene rings is 2. The van der Waals surface area contributed by atoms with E-state index in [-0.39, 0.29) is 11.5 Å². The van der Waals surface area contributed by atoms with Gasteiger partial charge in [-0.25, -0.2) is 17.6 Å². The van der Waals surface area contributed by atoms with Gasteiger partial charge in [0, 0.05) is 82.9 Å². The second kappa shape index (κ2) is 25.2. The van der Waals surface area contributed by atoms with Gasteiger partial charge in [0.1, 0.15) is 17.3 Å². The summed E-state index contributed by atoms with van der Waals surface area (Å²) in [6.07, 6.45) is 0. The quantitative estimate of drug-likeness (QED) is 0.113. The van der Waals surface area contributed by atoms with Crippen molar-refractivity contribution in [3.05, 3.63) is 363 Å². The van der Waals surface area contributed by atoms with E-state index in [1.54, 1.807) is 6.07 Å². The van der Waals surface area contributed by atoms with Crippen LogP contribution < -0.4 is 9.80 Å². The summed E-state index contributed by atoms with van der Waals surface area (Å²) >= 11 is 3.67. The normalized spacial score (nSPS) is 11.5. The highest BCUT2D eigenvalue weighted by Crippen LogP contribution is 2.46. The molecule has 0 radical (unpaired) electrons. The molecule has 0 saturated heterocycles. The van der Waals surface area contributed by atoms with Gasteiger partial charge >= 0.3 is 0 Å². The molecule has 0 spiro atoms. The maximum Gasteiger partial charge on any atom is 0.153 e. The maximum absolute atomic E-state index is 15.5. The Morgan fingerprint density at radius 3 is 1.03 bits per heavy atom. The minimum Gasteiger partial charge on any atom is -0.310 e. The molecule has 0 atom stereocenters. The summed E-state index contributed by atoms with van der Waals surface area (Å²) in [5.74, 6) is -3.21. The average Bonchev–Trinajstić information content (AvgIpc) is 1.52. The molecule has 0 unspecified atom stereocenters. The molecule has 4 nitrogen and oxygen atoms in total. The largest absolute Gasteiger partial charge is 0.310 e. The summed E-state index contributed by atoms with van der Waals surface area (Å²) in [5, 5.41) is 5.00. The molecule has 4 heterocycles. The Kier molecular flexibility index (Phi) is 15.4. The van der Waals surface area contributed by atoms with Crippen molar-refractivity contribution in [2.24, 2.45) is 0 Å². The topological polar surface area (TPSA) is 16.3 Å². The van der Waals surface area contributed by atoms with Crippen LogP contribution in [0.5, 0.6) is 0 Å². The Morgan fingerprint density at radius 1 is 0.245 bits per heavy atom. The molecule has 0 bridgehead atoms. The third-order valence-corrected chi connectivity index (χ3v) is 20.6. The second-order valence-corrected chi connectivity index (χ2v) is 26.2. The van der Waals surface area contributed by atoms with Crippen molar-refractivity contribution < 1.29 is 17.6 Å². The zero-order valence-corrected chi connectivity index (χ0v) is 54.1. The first-order valence-electron chi connectivity index (χ1n) is 32.3. The van der Waals surface area contributed by atoms with Gasteiger partial charge in [-0.1, -0.05) is 206 Å². The minimum absolute atomic E-state index is 0.254. The third kappa shape index (κ3) is 10.9. The molecule has 0 fully saturated rings. The van der Waals surface area contributed by atoms with E-state index >= 15 is 8.78 Å². The number of aromatic nitrogens is 2. The lowest BCUT2D eigenvalue weighted by Gasteiger charge is -2.27. The lowest BCUT2D eigenvalue weighted by molar-refractivity contribution is 0.545. The van der Waals surface area contributed by atoms with Gasteiger partial charge in [0.15, 0.2) is 11.6 Å². The van der Waals surface area contributed by atoms with Crippen molar-refractivity contribution in [2.75, 3.05) is 9.80 Å². The van der Waals surface area contributed by atoms with Crippen molar-refractivity contribution in [1.82, 2.24) is 9.13 Å². The Balaban J connectivity index is 0.000000147. The Bertz CT molecular complexity index is 5930. The molecule has 18 aromatic rings. The van der Waals surface area contributed by atoms with E-state index in [1.165, 1.54) is 79.5 Å². The first kappa shape index (κ1) is 59.6. The number of rotatable bonds is 12. The van der Waals surface area contributed by atoms with Crippen LogP contribution in [0.1, 0.15) is 0 Å². The zero-order chi connectivity index (χ0) is 65.8. The first-order valence-corrected chi connectivity index (χ1v) is 33.9. The number of hydrogen-bond donors (Lipinski definition) is 0. The van der Waals surface area contributed by atoms with Gasteiger partial charge in [-0.05, 0) is 166 Å². The monoisotopic (exact) mass is 1310 g/mol. The fourth-order valence-corrected chi connectivity index (χ4v) is 16.1. The van der Waals surface area contributed by atoms with Crippen molar-refractivity contribution in [2.45, 2.75) is 0 Å². The average molecular weight is 1310 g/mol. The molecule has 14 aromatic carbocycles. The van der Waals surface area contributed by atoms with Gasteiger partial charge in [0.05, 0.1) is 31.5 Å². The molecule has 10 heteroatoms. The van der Waals surface area contributed by atoms with Crippen LogP contribution in [0, 0.1) is 23.3 Å². The Morgan fingerprint density at radius 2 is 0.582 bits per heavy atom.